The van der Waals surface area contributed by atoms with Crippen LogP contribution in [-0.4, -0.2) is 12.5 Å². The molecule has 96 valence electrons. The van der Waals surface area contributed by atoms with Gasteiger partial charge in [0.15, 0.2) is 0 Å². The molecule has 1 aliphatic heterocycles. The van der Waals surface area contributed by atoms with Gasteiger partial charge in [-0.15, -0.1) is 6.58 Å². The standard InChI is InChI=1S/C17H17NO/c1-3-13-10-16(19)18(11-13)17-12(2)8-9-14-6-4-5-7-15(14)17/h3-9,13H,1,10-11H2,2H3. The van der Waals surface area contributed by atoms with E-state index in [1.165, 1.54) is 5.39 Å². The Kier molecular flexibility index (Phi) is 2.86. The number of fused-ring (bicyclic) bond motifs is 1. The third kappa shape index (κ3) is 1.93. The minimum absolute atomic E-state index is 0.198. The van der Waals surface area contributed by atoms with Crippen molar-refractivity contribution in [3.05, 3.63) is 54.6 Å². The highest BCUT2D eigenvalue weighted by molar-refractivity contribution is 6.06. The van der Waals surface area contributed by atoms with E-state index in [1.807, 2.05) is 23.1 Å². The van der Waals surface area contributed by atoms with E-state index in [2.05, 4.69) is 37.8 Å². The van der Waals surface area contributed by atoms with E-state index >= 15 is 0 Å². The Morgan fingerprint density at radius 2 is 2.05 bits per heavy atom. The van der Waals surface area contributed by atoms with Crippen molar-refractivity contribution in [1.82, 2.24) is 0 Å². The van der Waals surface area contributed by atoms with E-state index < -0.39 is 0 Å². The molecular formula is C17H17NO. The third-order valence-corrected chi connectivity index (χ3v) is 3.86. The summed E-state index contributed by atoms with van der Waals surface area (Å²) in [6.45, 7) is 6.62. The Bertz CT molecular complexity index is 659. The first kappa shape index (κ1) is 12.0. The van der Waals surface area contributed by atoms with Crippen molar-refractivity contribution >= 4 is 22.4 Å². The Labute approximate surface area is 113 Å². The number of hydrogen-bond donors (Lipinski definition) is 0. The second-order valence-corrected chi connectivity index (χ2v) is 5.16. The van der Waals surface area contributed by atoms with Gasteiger partial charge in [0, 0.05) is 24.3 Å². The van der Waals surface area contributed by atoms with Gasteiger partial charge in [-0.2, -0.15) is 0 Å². The topological polar surface area (TPSA) is 20.3 Å². The summed E-state index contributed by atoms with van der Waals surface area (Å²) in [5.74, 6) is 0.468. The summed E-state index contributed by atoms with van der Waals surface area (Å²) in [7, 11) is 0. The zero-order valence-corrected chi connectivity index (χ0v) is 11.1. The lowest BCUT2D eigenvalue weighted by Gasteiger charge is -2.21. The molecule has 0 aliphatic carbocycles. The molecule has 2 heteroatoms. The Morgan fingerprint density at radius 1 is 1.26 bits per heavy atom. The molecule has 1 heterocycles. The fourth-order valence-corrected chi connectivity index (χ4v) is 2.83. The Balaban J connectivity index is 2.17. The maximum Gasteiger partial charge on any atom is 0.227 e. The number of nitrogens with zero attached hydrogens (tertiary/aromatic N) is 1. The second-order valence-electron chi connectivity index (χ2n) is 5.16. The number of hydrogen-bond acceptors (Lipinski definition) is 1. The molecule has 1 atom stereocenters. The Hall–Kier alpha value is -2.09. The van der Waals surface area contributed by atoms with E-state index in [0.717, 1.165) is 23.2 Å². The van der Waals surface area contributed by atoms with Crippen LogP contribution < -0.4 is 4.90 Å². The normalized spacial score (nSPS) is 19.1. The van der Waals surface area contributed by atoms with Gasteiger partial charge < -0.3 is 4.90 Å². The molecule has 0 bridgehead atoms. The van der Waals surface area contributed by atoms with Crippen LogP contribution in [0.5, 0.6) is 0 Å². The molecular weight excluding hydrogens is 234 g/mol. The highest BCUT2D eigenvalue weighted by Gasteiger charge is 2.30. The van der Waals surface area contributed by atoms with Crippen LogP contribution in [0.1, 0.15) is 12.0 Å². The van der Waals surface area contributed by atoms with Gasteiger partial charge >= 0.3 is 0 Å². The van der Waals surface area contributed by atoms with E-state index in [0.29, 0.717) is 6.42 Å². The molecule has 2 aromatic rings. The van der Waals surface area contributed by atoms with Crippen molar-refractivity contribution in [2.75, 3.05) is 11.4 Å². The van der Waals surface area contributed by atoms with Gasteiger partial charge in [-0.3, -0.25) is 4.79 Å². The summed E-state index contributed by atoms with van der Waals surface area (Å²) in [6, 6.07) is 12.4. The fraction of sp³-hybridized carbons (Fsp3) is 0.235. The average Bonchev–Trinajstić information content (AvgIpc) is 2.80. The van der Waals surface area contributed by atoms with Crippen molar-refractivity contribution in [3.8, 4) is 0 Å². The maximum atomic E-state index is 12.2. The van der Waals surface area contributed by atoms with Crippen LogP contribution in [0.3, 0.4) is 0 Å². The molecule has 1 fully saturated rings. The quantitative estimate of drug-likeness (QED) is 0.745. The van der Waals surface area contributed by atoms with E-state index in [1.54, 1.807) is 0 Å². The zero-order valence-electron chi connectivity index (χ0n) is 11.1. The van der Waals surface area contributed by atoms with Crippen molar-refractivity contribution < 1.29 is 4.79 Å². The predicted molar refractivity (Wildman–Crippen MR) is 79.3 cm³/mol. The number of amides is 1. The number of carbonyl (C=O) groups is 1. The molecule has 0 N–H and O–H groups in total. The average molecular weight is 251 g/mol. The monoisotopic (exact) mass is 251 g/mol. The smallest absolute Gasteiger partial charge is 0.227 e. The van der Waals surface area contributed by atoms with Crippen LogP contribution in [0, 0.1) is 12.8 Å². The molecule has 19 heavy (non-hydrogen) atoms. The van der Waals surface area contributed by atoms with Gasteiger partial charge in [0.25, 0.3) is 0 Å². The number of benzene rings is 2. The second kappa shape index (κ2) is 4.54. The fourth-order valence-electron chi connectivity index (χ4n) is 2.83. The van der Waals surface area contributed by atoms with Crippen LogP contribution in [0.2, 0.25) is 0 Å². The SMILES string of the molecule is C=CC1CC(=O)N(c2c(C)ccc3ccccc23)C1. The largest absolute Gasteiger partial charge is 0.311 e. The van der Waals surface area contributed by atoms with Crippen molar-refractivity contribution in [3.63, 3.8) is 0 Å². The lowest BCUT2D eigenvalue weighted by atomic mass is 10.0. The van der Waals surface area contributed by atoms with Crippen molar-refractivity contribution in [2.24, 2.45) is 5.92 Å². The lowest BCUT2D eigenvalue weighted by Crippen LogP contribution is -2.25. The number of anilines is 1. The molecule has 0 radical (unpaired) electrons. The highest BCUT2D eigenvalue weighted by atomic mass is 16.2. The first-order chi connectivity index (χ1) is 9.20. The molecule has 1 saturated heterocycles. The van der Waals surface area contributed by atoms with Crippen LogP contribution in [0.4, 0.5) is 5.69 Å². The summed E-state index contributed by atoms with van der Waals surface area (Å²) in [6.07, 6.45) is 2.46. The van der Waals surface area contributed by atoms with E-state index in [9.17, 15) is 4.79 Å². The van der Waals surface area contributed by atoms with Crippen molar-refractivity contribution in [1.29, 1.82) is 0 Å². The van der Waals surface area contributed by atoms with Gasteiger partial charge in [-0.25, -0.2) is 0 Å². The summed E-state index contributed by atoms with van der Waals surface area (Å²) >= 11 is 0. The Morgan fingerprint density at radius 3 is 2.79 bits per heavy atom. The molecule has 2 nitrogen and oxygen atoms in total. The first-order valence-electron chi connectivity index (χ1n) is 6.62. The first-order valence-corrected chi connectivity index (χ1v) is 6.62. The molecule has 1 unspecified atom stereocenters. The van der Waals surface area contributed by atoms with Gasteiger partial charge in [0.1, 0.15) is 0 Å². The predicted octanol–water partition coefficient (Wildman–Crippen LogP) is 3.69. The summed E-state index contributed by atoms with van der Waals surface area (Å²) < 4.78 is 0. The number of aryl methyl sites for hydroxylation is 1. The zero-order chi connectivity index (χ0) is 13.4. The molecule has 0 saturated carbocycles. The minimum Gasteiger partial charge on any atom is -0.311 e. The molecule has 0 aromatic heterocycles. The summed E-state index contributed by atoms with van der Waals surface area (Å²) in [4.78, 5) is 14.1. The summed E-state index contributed by atoms with van der Waals surface area (Å²) in [5, 5.41) is 2.33. The summed E-state index contributed by atoms with van der Waals surface area (Å²) in [5.41, 5.74) is 2.21. The van der Waals surface area contributed by atoms with Crippen LogP contribution >= 0.6 is 0 Å². The van der Waals surface area contributed by atoms with Gasteiger partial charge in [0.2, 0.25) is 5.91 Å². The van der Waals surface area contributed by atoms with Gasteiger partial charge in [-0.05, 0) is 17.9 Å². The van der Waals surface area contributed by atoms with Crippen LogP contribution in [0.15, 0.2) is 49.1 Å². The minimum atomic E-state index is 0.198. The third-order valence-electron chi connectivity index (χ3n) is 3.86. The van der Waals surface area contributed by atoms with Crippen LogP contribution in [-0.2, 0) is 4.79 Å². The molecule has 2 aromatic carbocycles. The molecule has 1 amide bonds. The van der Waals surface area contributed by atoms with Gasteiger partial charge in [-0.1, -0.05) is 42.5 Å². The molecule has 1 aliphatic rings. The number of rotatable bonds is 2. The van der Waals surface area contributed by atoms with Crippen LogP contribution in [0.25, 0.3) is 10.8 Å². The molecule has 0 spiro atoms. The molecule has 3 rings (SSSR count). The van der Waals surface area contributed by atoms with Gasteiger partial charge in [0.05, 0.1) is 5.69 Å². The van der Waals surface area contributed by atoms with Crippen molar-refractivity contribution in [2.45, 2.75) is 13.3 Å². The van der Waals surface area contributed by atoms with E-state index in [4.69, 9.17) is 0 Å². The maximum absolute atomic E-state index is 12.2. The van der Waals surface area contributed by atoms with E-state index in [-0.39, 0.29) is 11.8 Å². The lowest BCUT2D eigenvalue weighted by molar-refractivity contribution is -0.117. The highest BCUT2D eigenvalue weighted by Crippen LogP contribution is 2.34. The number of carbonyl (C=O) groups excluding carboxylic acids is 1.